The van der Waals surface area contributed by atoms with Crippen molar-refractivity contribution in [1.82, 2.24) is 10.2 Å². The Kier molecular flexibility index (Phi) is 4.89. The van der Waals surface area contributed by atoms with Crippen LogP contribution in [0.4, 0.5) is 0 Å². The fraction of sp³-hybridized carbons (Fsp3) is 0.571. The molecule has 7 heteroatoms. The molecule has 4 atom stereocenters. The third kappa shape index (κ3) is 3.92. The fourth-order valence-electron chi connectivity index (χ4n) is 2.37. The van der Waals surface area contributed by atoms with Gasteiger partial charge in [0.1, 0.15) is 17.3 Å². The minimum atomic E-state index is -1.17. The van der Waals surface area contributed by atoms with Crippen LogP contribution < -0.4 is 5.32 Å². The number of hydrogen-bond acceptors (Lipinski definition) is 4. The van der Waals surface area contributed by atoms with E-state index in [9.17, 15) is 9.90 Å². The molecule has 2 aliphatic heterocycles. The molecule has 2 rings (SSSR count). The number of nitrogens with one attached hydrogen (secondary N) is 1. The van der Waals surface area contributed by atoms with Crippen molar-refractivity contribution in [3.8, 4) is 0 Å². The summed E-state index contributed by atoms with van der Waals surface area (Å²) < 4.78 is 5.90. The number of nitrogens with zero attached hydrogens (tertiary/aromatic N) is 1. The minimum absolute atomic E-state index is 0.235. The highest BCUT2D eigenvalue weighted by Crippen LogP contribution is 2.39. The van der Waals surface area contributed by atoms with Gasteiger partial charge in [0.15, 0.2) is 6.23 Å². The van der Waals surface area contributed by atoms with Crippen molar-refractivity contribution in [3.63, 3.8) is 0 Å². The van der Waals surface area contributed by atoms with Crippen molar-refractivity contribution >= 4 is 30.7 Å². The number of carbonyl (C=O) groups excluding carboxylic acids is 1. The Hall–Kier alpha value is -0.740. The predicted molar refractivity (Wildman–Crippen MR) is 87.9 cm³/mol. The van der Waals surface area contributed by atoms with E-state index in [2.05, 4.69) is 31.5 Å². The molecule has 0 aliphatic carbocycles. The number of carbonyl (C=O) groups is 1. The Morgan fingerprint density at radius 3 is 2.81 bits per heavy atom. The second-order valence-corrected chi connectivity index (χ2v) is 10.9. The zero-order valence-corrected chi connectivity index (χ0v) is 14.0. The van der Waals surface area contributed by atoms with Crippen LogP contribution in [0, 0.1) is 0 Å². The first-order valence-corrected chi connectivity index (χ1v) is 10.3. The minimum Gasteiger partial charge on any atom is -0.389 e. The Morgan fingerprint density at radius 1 is 1.57 bits per heavy atom. The van der Waals surface area contributed by atoms with Gasteiger partial charge < -0.3 is 20.1 Å². The number of halogens is 1. The standard InChI is InChI=1S/C14H22ClN2O3P/c1-9-16-11(18)5-7-17(9)14-12(15)13(19)10(20-14)6-8-21(2,3)4/h5,7,10,12-14,19H,1-2,6,8H2,3-4H3,(H,16,18)/t10-,12-,13-,14?/m1/s1. The third-order valence-electron chi connectivity index (χ3n) is 3.55. The largest absolute Gasteiger partial charge is 0.389 e. The molecule has 0 aromatic heterocycles. The number of amides is 1. The SMILES string of the molecule is C=C1NC(=O)C=CN1C1O[C@H](CCP(=C)(C)C)[C@@H](O)[C@H]1Cl. The predicted octanol–water partition coefficient (Wildman–Crippen LogP) is 1.20. The Balaban J connectivity index is 2.06. The number of alkyl halides is 1. The normalized spacial score (nSPS) is 33.4. The van der Waals surface area contributed by atoms with E-state index in [0.717, 1.165) is 12.6 Å². The highest BCUT2D eigenvalue weighted by atomic mass is 35.5. The van der Waals surface area contributed by atoms with Gasteiger partial charge in [0.05, 0.1) is 6.10 Å². The van der Waals surface area contributed by atoms with Gasteiger partial charge in [0, 0.05) is 12.3 Å². The Bertz CT molecular complexity index is 516. The van der Waals surface area contributed by atoms with Crippen LogP contribution in [0.25, 0.3) is 0 Å². The Morgan fingerprint density at radius 2 is 2.24 bits per heavy atom. The van der Waals surface area contributed by atoms with Crippen LogP contribution in [0.2, 0.25) is 0 Å². The summed E-state index contributed by atoms with van der Waals surface area (Å²) in [4.78, 5) is 12.9. The smallest absolute Gasteiger partial charge is 0.250 e. The molecule has 0 radical (unpaired) electrons. The van der Waals surface area contributed by atoms with Crippen LogP contribution in [0.15, 0.2) is 24.7 Å². The van der Waals surface area contributed by atoms with E-state index in [1.54, 1.807) is 11.1 Å². The summed E-state index contributed by atoms with van der Waals surface area (Å²) in [5.74, 6) is 0.164. The van der Waals surface area contributed by atoms with E-state index in [1.165, 1.54) is 6.08 Å². The van der Waals surface area contributed by atoms with Crippen molar-refractivity contribution in [2.24, 2.45) is 0 Å². The second-order valence-electron chi connectivity index (χ2n) is 6.11. The van der Waals surface area contributed by atoms with Crippen LogP contribution in [-0.2, 0) is 9.53 Å². The first-order chi connectivity index (χ1) is 9.69. The zero-order chi connectivity index (χ0) is 15.8. The summed E-state index contributed by atoms with van der Waals surface area (Å²) >= 11 is 6.30. The molecular weight excluding hydrogens is 311 g/mol. The van der Waals surface area contributed by atoms with E-state index in [-0.39, 0.29) is 12.0 Å². The maximum Gasteiger partial charge on any atom is 0.250 e. The highest BCUT2D eigenvalue weighted by Gasteiger charge is 2.45. The van der Waals surface area contributed by atoms with Crippen LogP contribution >= 0.6 is 18.5 Å². The molecule has 2 aliphatic rings. The average molecular weight is 333 g/mol. The van der Waals surface area contributed by atoms with E-state index < -0.39 is 24.6 Å². The van der Waals surface area contributed by atoms with Gasteiger partial charge >= 0.3 is 0 Å². The highest BCUT2D eigenvalue weighted by molar-refractivity contribution is 7.72. The zero-order valence-electron chi connectivity index (χ0n) is 12.3. The molecule has 2 heterocycles. The molecule has 2 N–H and O–H groups in total. The summed E-state index contributed by atoms with van der Waals surface area (Å²) in [6, 6.07) is 0. The molecule has 1 amide bonds. The molecule has 1 fully saturated rings. The fourth-order valence-corrected chi connectivity index (χ4v) is 3.66. The molecule has 0 aromatic carbocycles. The number of rotatable bonds is 4. The number of hydrogen-bond donors (Lipinski definition) is 2. The van der Waals surface area contributed by atoms with Gasteiger partial charge in [-0.3, -0.25) is 4.79 Å². The van der Waals surface area contributed by atoms with Crippen molar-refractivity contribution in [2.45, 2.75) is 30.2 Å². The summed E-state index contributed by atoms with van der Waals surface area (Å²) in [7, 11) is 0. The molecule has 1 saturated heterocycles. The van der Waals surface area contributed by atoms with Crippen LogP contribution in [0.3, 0.4) is 0 Å². The van der Waals surface area contributed by atoms with E-state index in [0.29, 0.717) is 5.82 Å². The van der Waals surface area contributed by atoms with Gasteiger partial charge in [0.2, 0.25) is 0 Å². The molecule has 0 aromatic rings. The summed E-state index contributed by atoms with van der Waals surface area (Å²) in [5.41, 5.74) is 0. The van der Waals surface area contributed by atoms with Gasteiger partial charge in [-0.25, -0.2) is 0 Å². The lowest BCUT2D eigenvalue weighted by atomic mass is 10.1. The molecule has 5 nitrogen and oxygen atoms in total. The van der Waals surface area contributed by atoms with E-state index >= 15 is 0 Å². The second kappa shape index (κ2) is 6.17. The van der Waals surface area contributed by atoms with Crippen LogP contribution in [-0.4, -0.2) is 65.5 Å². The average Bonchev–Trinajstić information content (AvgIpc) is 2.64. The first kappa shape index (κ1) is 16.6. The number of aliphatic hydroxyl groups is 1. The van der Waals surface area contributed by atoms with Gasteiger partial charge in [0.25, 0.3) is 5.91 Å². The maximum atomic E-state index is 11.2. The molecular formula is C14H22ClN2O3P. The lowest BCUT2D eigenvalue weighted by molar-refractivity contribution is -0.117. The van der Waals surface area contributed by atoms with Gasteiger partial charge in [-0.1, -0.05) is 6.58 Å². The quantitative estimate of drug-likeness (QED) is 0.600. The van der Waals surface area contributed by atoms with Crippen LogP contribution in [0.1, 0.15) is 6.42 Å². The molecule has 21 heavy (non-hydrogen) atoms. The first-order valence-electron chi connectivity index (χ1n) is 6.80. The van der Waals surface area contributed by atoms with Crippen LogP contribution in [0.5, 0.6) is 0 Å². The van der Waals surface area contributed by atoms with E-state index in [4.69, 9.17) is 16.3 Å². The molecule has 0 spiro atoms. The lowest BCUT2D eigenvalue weighted by Gasteiger charge is -2.32. The van der Waals surface area contributed by atoms with Crippen molar-refractivity contribution in [3.05, 3.63) is 24.7 Å². The number of ether oxygens (including phenoxy) is 1. The van der Waals surface area contributed by atoms with Crippen molar-refractivity contribution in [2.75, 3.05) is 19.5 Å². The van der Waals surface area contributed by atoms with E-state index in [1.807, 2.05) is 0 Å². The third-order valence-corrected chi connectivity index (χ3v) is 5.50. The number of aliphatic hydroxyl groups excluding tert-OH is 1. The van der Waals surface area contributed by atoms with Gasteiger partial charge in [-0.2, -0.15) is 0 Å². The molecule has 118 valence electrons. The van der Waals surface area contributed by atoms with Gasteiger partial charge in [-0.05, 0) is 25.9 Å². The lowest BCUT2D eigenvalue weighted by Crippen LogP contribution is -2.44. The summed E-state index contributed by atoms with van der Waals surface area (Å²) in [6.07, 6.45) is 7.16. The van der Waals surface area contributed by atoms with Gasteiger partial charge in [-0.15, -0.1) is 24.8 Å². The molecule has 1 unspecified atom stereocenters. The van der Waals surface area contributed by atoms with Crippen molar-refractivity contribution < 1.29 is 14.6 Å². The Labute approximate surface area is 130 Å². The monoisotopic (exact) mass is 332 g/mol. The molecule has 0 saturated carbocycles. The molecule has 0 bridgehead atoms. The maximum absolute atomic E-state index is 11.2. The van der Waals surface area contributed by atoms with Crippen molar-refractivity contribution in [1.29, 1.82) is 0 Å². The summed E-state index contributed by atoms with van der Waals surface area (Å²) in [5, 5.41) is 12.3. The summed E-state index contributed by atoms with van der Waals surface area (Å²) in [6.45, 7) is 6.90. The topological polar surface area (TPSA) is 61.8 Å².